The summed E-state index contributed by atoms with van der Waals surface area (Å²) in [5.74, 6) is 0. The minimum Gasteiger partial charge on any atom is -0.326 e. The van der Waals surface area contributed by atoms with Crippen LogP contribution in [0.5, 0.6) is 0 Å². The van der Waals surface area contributed by atoms with Gasteiger partial charge in [0.2, 0.25) is 10.0 Å². The van der Waals surface area contributed by atoms with Crippen molar-refractivity contribution in [1.82, 2.24) is 9.62 Å². The average molecular weight is 289 g/mol. The van der Waals surface area contributed by atoms with Gasteiger partial charge in [0.15, 0.2) is 0 Å². The molecule has 5 nitrogen and oxygen atoms in total. The molecule has 1 saturated heterocycles. The van der Waals surface area contributed by atoms with Crippen LogP contribution >= 0.6 is 11.3 Å². The van der Waals surface area contributed by atoms with Gasteiger partial charge >= 0.3 is 0 Å². The largest absolute Gasteiger partial charge is 0.326 e. The van der Waals surface area contributed by atoms with Gasteiger partial charge in [-0.25, -0.2) is 13.1 Å². The summed E-state index contributed by atoms with van der Waals surface area (Å²) in [6, 6.07) is 1.92. The third-order valence-corrected chi connectivity index (χ3v) is 5.94. The highest BCUT2D eigenvalue weighted by Crippen LogP contribution is 2.21. The predicted molar refractivity (Wildman–Crippen MR) is 73.1 cm³/mol. The summed E-state index contributed by atoms with van der Waals surface area (Å²) >= 11 is 1.38. The molecule has 1 unspecified atom stereocenters. The number of nitrogens with one attached hydrogen (secondary N) is 1. The van der Waals surface area contributed by atoms with Crippen molar-refractivity contribution in [3.8, 4) is 0 Å². The van der Waals surface area contributed by atoms with E-state index in [9.17, 15) is 8.42 Å². The second-order valence-corrected chi connectivity index (χ2v) is 7.28. The molecule has 7 heteroatoms. The molecule has 1 aromatic rings. The smallest absolute Gasteiger partial charge is 0.241 e. The summed E-state index contributed by atoms with van der Waals surface area (Å²) in [7, 11) is -1.39. The number of likely N-dealkylation sites (N-methyl/N-ethyl adjacent to an activating group) is 1. The van der Waals surface area contributed by atoms with Gasteiger partial charge in [-0.2, -0.15) is 0 Å². The molecule has 1 aliphatic rings. The minimum atomic E-state index is -3.42. The van der Waals surface area contributed by atoms with Crippen LogP contribution in [0.15, 0.2) is 16.3 Å². The van der Waals surface area contributed by atoms with Gasteiger partial charge in [-0.05, 0) is 37.9 Å². The molecule has 3 N–H and O–H groups in total. The molecular weight excluding hydrogens is 270 g/mol. The average Bonchev–Trinajstić information content (AvgIpc) is 2.95. The highest BCUT2D eigenvalue weighted by Gasteiger charge is 2.24. The van der Waals surface area contributed by atoms with E-state index in [0.29, 0.717) is 22.4 Å². The molecule has 1 aromatic heterocycles. The molecule has 0 radical (unpaired) electrons. The van der Waals surface area contributed by atoms with E-state index in [0.717, 1.165) is 19.4 Å². The summed E-state index contributed by atoms with van der Waals surface area (Å²) < 4.78 is 27.0. The molecule has 0 aromatic carbocycles. The quantitative estimate of drug-likeness (QED) is 0.831. The molecule has 0 spiro atoms. The molecular formula is C11H19N3O2S2. The van der Waals surface area contributed by atoms with Crippen molar-refractivity contribution in [2.75, 3.05) is 20.1 Å². The van der Waals surface area contributed by atoms with Crippen molar-refractivity contribution >= 4 is 21.4 Å². The van der Waals surface area contributed by atoms with Crippen LogP contribution in [0, 0.1) is 0 Å². The normalized spacial score (nSPS) is 21.6. The van der Waals surface area contributed by atoms with Gasteiger partial charge in [-0.15, -0.1) is 11.3 Å². The lowest BCUT2D eigenvalue weighted by atomic mass is 10.2. The van der Waals surface area contributed by atoms with E-state index >= 15 is 0 Å². The van der Waals surface area contributed by atoms with Crippen LogP contribution in [-0.4, -0.2) is 39.5 Å². The molecule has 102 valence electrons. The van der Waals surface area contributed by atoms with Gasteiger partial charge in [-0.3, -0.25) is 0 Å². The first kappa shape index (κ1) is 14.0. The van der Waals surface area contributed by atoms with Gasteiger partial charge < -0.3 is 10.6 Å². The first-order chi connectivity index (χ1) is 8.54. The van der Waals surface area contributed by atoms with Crippen LogP contribution in [0.1, 0.15) is 17.7 Å². The van der Waals surface area contributed by atoms with Gasteiger partial charge in [0, 0.05) is 24.0 Å². The van der Waals surface area contributed by atoms with E-state index in [1.807, 2.05) is 7.05 Å². The molecule has 0 aliphatic carbocycles. The molecule has 2 heterocycles. The van der Waals surface area contributed by atoms with E-state index in [2.05, 4.69) is 9.62 Å². The first-order valence-corrected chi connectivity index (χ1v) is 8.37. The number of sulfonamides is 1. The number of nitrogens with two attached hydrogens (primary N) is 1. The summed E-state index contributed by atoms with van der Waals surface area (Å²) in [4.78, 5) is 3.23. The SMILES string of the molecule is CN1CCCC1CNS(=O)(=O)c1ccsc1CN. The van der Waals surface area contributed by atoms with Crippen molar-refractivity contribution in [3.05, 3.63) is 16.3 Å². The Hall–Kier alpha value is -0.470. The van der Waals surface area contributed by atoms with Gasteiger partial charge in [0.1, 0.15) is 0 Å². The number of nitrogens with zero attached hydrogens (tertiary/aromatic N) is 1. The Morgan fingerprint density at radius 3 is 3.00 bits per heavy atom. The number of hydrogen-bond donors (Lipinski definition) is 2. The summed E-state index contributed by atoms with van der Waals surface area (Å²) in [6.07, 6.45) is 2.18. The van der Waals surface area contributed by atoms with Crippen molar-refractivity contribution in [1.29, 1.82) is 0 Å². The number of rotatable bonds is 5. The molecule has 2 rings (SSSR count). The third-order valence-electron chi connectivity index (χ3n) is 3.36. The van der Waals surface area contributed by atoms with Crippen molar-refractivity contribution < 1.29 is 8.42 Å². The second kappa shape index (κ2) is 5.66. The fraction of sp³-hybridized carbons (Fsp3) is 0.636. The van der Waals surface area contributed by atoms with Gasteiger partial charge in [0.05, 0.1) is 4.90 Å². The Balaban J connectivity index is 2.03. The van der Waals surface area contributed by atoms with E-state index in [4.69, 9.17) is 5.73 Å². The van der Waals surface area contributed by atoms with E-state index < -0.39 is 10.0 Å². The standard InChI is InChI=1S/C11H19N3O2S2/c1-14-5-2-3-9(14)8-13-18(15,16)11-4-6-17-10(11)7-12/h4,6,9,13H,2-3,5,7-8,12H2,1H3. The zero-order valence-electron chi connectivity index (χ0n) is 10.4. The predicted octanol–water partition coefficient (Wildman–Crippen LogP) is 0.579. The maximum absolute atomic E-state index is 12.2. The van der Waals surface area contributed by atoms with Crippen LogP contribution < -0.4 is 10.5 Å². The van der Waals surface area contributed by atoms with Crippen molar-refractivity contribution in [3.63, 3.8) is 0 Å². The Morgan fingerprint density at radius 2 is 2.39 bits per heavy atom. The Labute approximate surface area is 112 Å². The number of hydrogen-bond acceptors (Lipinski definition) is 5. The third kappa shape index (κ3) is 2.92. The fourth-order valence-electron chi connectivity index (χ4n) is 2.24. The lowest BCUT2D eigenvalue weighted by molar-refractivity contribution is 0.311. The highest BCUT2D eigenvalue weighted by molar-refractivity contribution is 7.89. The Morgan fingerprint density at radius 1 is 1.61 bits per heavy atom. The van der Waals surface area contributed by atoms with Crippen LogP contribution in [0.4, 0.5) is 0 Å². The molecule has 18 heavy (non-hydrogen) atoms. The maximum Gasteiger partial charge on any atom is 0.241 e. The second-order valence-electron chi connectivity index (χ2n) is 4.54. The van der Waals surface area contributed by atoms with Crippen LogP contribution in [0.2, 0.25) is 0 Å². The van der Waals surface area contributed by atoms with Crippen LogP contribution in [-0.2, 0) is 16.6 Å². The van der Waals surface area contributed by atoms with Crippen LogP contribution in [0.3, 0.4) is 0 Å². The topological polar surface area (TPSA) is 75.4 Å². The van der Waals surface area contributed by atoms with Crippen molar-refractivity contribution in [2.45, 2.75) is 30.3 Å². The first-order valence-electron chi connectivity index (χ1n) is 6.01. The molecule has 1 atom stereocenters. The number of likely N-dealkylation sites (tertiary alicyclic amines) is 1. The Kier molecular flexibility index (Phi) is 4.39. The molecule has 0 saturated carbocycles. The highest BCUT2D eigenvalue weighted by atomic mass is 32.2. The zero-order chi connectivity index (χ0) is 13.2. The molecule has 0 amide bonds. The molecule has 0 bridgehead atoms. The van der Waals surface area contributed by atoms with Crippen LogP contribution in [0.25, 0.3) is 0 Å². The molecule has 1 aliphatic heterocycles. The number of thiophene rings is 1. The van der Waals surface area contributed by atoms with Gasteiger partial charge in [0.25, 0.3) is 0 Å². The van der Waals surface area contributed by atoms with Gasteiger partial charge in [-0.1, -0.05) is 0 Å². The van der Waals surface area contributed by atoms with E-state index in [1.165, 1.54) is 11.3 Å². The molecule has 1 fully saturated rings. The lowest BCUT2D eigenvalue weighted by Gasteiger charge is -2.19. The summed E-state index contributed by atoms with van der Waals surface area (Å²) in [5, 5.41) is 1.76. The summed E-state index contributed by atoms with van der Waals surface area (Å²) in [6.45, 7) is 1.77. The van der Waals surface area contributed by atoms with E-state index in [-0.39, 0.29) is 6.54 Å². The lowest BCUT2D eigenvalue weighted by Crippen LogP contribution is -2.38. The Bertz CT molecular complexity index is 498. The minimum absolute atomic E-state index is 0.261. The monoisotopic (exact) mass is 289 g/mol. The fourth-order valence-corrected chi connectivity index (χ4v) is 4.64. The summed E-state index contributed by atoms with van der Waals surface area (Å²) in [5.41, 5.74) is 5.54. The maximum atomic E-state index is 12.2. The zero-order valence-corrected chi connectivity index (χ0v) is 12.1. The van der Waals surface area contributed by atoms with Crippen molar-refractivity contribution in [2.24, 2.45) is 5.73 Å². The van der Waals surface area contributed by atoms with E-state index in [1.54, 1.807) is 11.4 Å².